The van der Waals surface area contributed by atoms with Crippen molar-refractivity contribution in [1.82, 2.24) is 10.2 Å². The van der Waals surface area contributed by atoms with Crippen molar-refractivity contribution in [2.45, 2.75) is 76.4 Å². The number of aryl methyl sites for hydroxylation is 3. The molecule has 0 radical (unpaired) electrons. The van der Waals surface area contributed by atoms with E-state index in [1.54, 1.807) is 41.3 Å². The van der Waals surface area contributed by atoms with Crippen molar-refractivity contribution >= 4 is 43.5 Å². The minimum Gasteiger partial charge on any atom is -0.352 e. The molecular formula is C38H42BrN3O4S. The average molecular weight is 717 g/mol. The molecule has 0 aliphatic heterocycles. The first-order chi connectivity index (χ1) is 22.5. The van der Waals surface area contributed by atoms with Gasteiger partial charge in [0.1, 0.15) is 12.6 Å². The summed E-state index contributed by atoms with van der Waals surface area (Å²) in [6, 6.07) is 28.4. The van der Waals surface area contributed by atoms with E-state index >= 15 is 0 Å². The number of benzene rings is 4. The molecule has 1 fully saturated rings. The number of rotatable bonds is 12. The van der Waals surface area contributed by atoms with Gasteiger partial charge in [-0.05, 0) is 92.3 Å². The summed E-state index contributed by atoms with van der Waals surface area (Å²) in [5.41, 5.74) is 4.97. The fourth-order valence-corrected chi connectivity index (χ4v) is 7.63. The largest absolute Gasteiger partial charge is 0.352 e. The molecule has 0 bridgehead atoms. The molecule has 2 amide bonds. The minimum absolute atomic E-state index is 0.0550. The minimum atomic E-state index is -4.15. The molecular weight excluding hydrogens is 674 g/mol. The van der Waals surface area contributed by atoms with Gasteiger partial charge in [-0.1, -0.05) is 95.0 Å². The van der Waals surface area contributed by atoms with Crippen LogP contribution in [-0.4, -0.2) is 43.8 Å². The van der Waals surface area contributed by atoms with Crippen molar-refractivity contribution in [3.63, 3.8) is 0 Å². The van der Waals surface area contributed by atoms with Gasteiger partial charge in [0.2, 0.25) is 11.8 Å². The van der Waals surface area contributed by atoms with Crippen LogP contribution in [0.4, 0.5) is 5.69 Å². The van der Waals surface area contributed by atoms with E-state index in [0.717, 1.165) is 58.0 Å². The van der Waals surface area contributed by atoms with Crippen molar-refractivity contribution in [2.24, 2.45) is 0 Å². The monoisotopic (exact) mass is 715 g/mol. The van der Waals surface area contributed by atoms with Crippen LogP contribution in [0.3, 0.4) is 0 Å². The molecule has 1 aliphatic rings. The number of carbonyl (C=O) groups excluding carboxylic acids is 2. The van der Waals surface area contributed by atoms with Crippen LogP contribution in [0.1, 0.15) is 53.5 Å². The summed E-state index contributed by atoms with van der Waals surface area (Å²) >= 11 is 3.49. The Kier molecular flexibility index (Phi) is 11.2. The Balaban J connectivity index is 1.57. The van der Waals surface area contributed by atoms with Crippen molar-refractivity contribution in [2.75, 3.05) is 10.8 Å². The zero-order chi connectivity index (χ0) is 33.6. The van der Waals surface area contributed by atoms with Gasteiger partial charge in [-0.25, -0.2) is 8.42 Å². The zero-order valence-electron chi connectivity index (χ0n) is 27.2. The van der Waals surface area contributed by atoms with E-state index in [2.05, 4.69) is 21.2 Å². The molecule has 1 N–H and O–H groups in total. The Morgan fingerprint density at radius 3 is 2.13 bits per heavy atom. The van der Waals surface area contributed by atoms with Crippen LogP contribution < -0.4 is 9.62 Å². The fourth-order valence-electron chi connectivity index (χ4n) is 5.95. The summed E-state index contributed by atoms with van der Waals surface area (Å²) in [7, 11) is -4.15. The summed E-state index contributed by atoms with van der Waals surface area (Å²) in [5, 5.41) is 3.22. The molecule has 4 aromatic carbocycles. The summed E-state index contributed by atoms with van der Waals surface area (Å²) in [6.07, 6.45) is 4.20. The number of hydrogen-bond donors (Lipinski definition) is 1. The van der Waals surface area contributed by atoms with Crippen molar-refractivity contribution in [3.8, 4) is 0 Å². The van der Waals surface area contributed by atoms with E-state index in [-0.39, 0.29) is 29.8 Å². The summed E-state index contributed by atoms with van der Waals surface area (Å²) in [5.74, 6) is -0.699. The standard InChI is InChI=1S/C38H42BrN3O4S/c1-27-13-21-35(22-14-27)47(45,46)42(34-20-15-28(2)29(3)23-34)26-37(43)41(25-31-16-18-32(39)19-17-31)36(24-30-9-5-4-6-10-30)38(44)40-33-11-7-8-12-33/h4-6,9-10,13-23,33,36H,7-8,11-12,24-26H2,1-3H3,(H,40,44). The molecule has 0 heterocycles. The first-order valence-electron chi connectivity index (χ1n) is 16.1. The van der Waals surface area contributed by atoms with Gasteiger partial charge in [-0.15, -0.1) is 0 Å². The smallest absolute Gasteiger partial charge is 0.264 e. The normalized spacial score (nSPS) is 14.0. The summed E-state index contributed by atoms with van der Waals surface area (Å²) in [6.45, 7) is 5.43. The second-order valence-corrected chi connectivity index (χ2v) is 15.2. The van der Waals surface area contributed by atoms with Crippen LogP contribution in [0.2, 0.25) is 0 Å². The van der Waals surface area contributed by atoms with Gasteiger partial charge in [0.05, 0.1) is 10.6 Å². The fraction of sp³-hybridized carbons (Fsp3) is 0.316. The third-order valence-corrected chi connectivity index (χ3v) is 11.2. The number of nitrogens with one attached hydrogen (secondary N) is 1. The van der Waals surface area contributed by atoms with Crippen LogP contribution in [0, 0.1) is 20.8 Å². The highest BCUT2D eigenvalue weighted by atomic mass is 79.9. The third kappa shape index (κ3) is 8.70. The van der Waals surface area contributed by atoms with Gasteiger partial charge in [-0.2, -0.15) is 0 Å². The molecule has 0 spiro atoms. The van der Waals surface area contributed by atoms with E-state index in [0.29, 0.717) is 5.69 Å². The quantitative estimate of drug-likeness (QED) is 0.167. The van der Waals surface area contributed by atoms with Crippen LogP contribution in [0.25, 0.3) is 0 Å². The topological polar surface area (TPSA) is 86.8 Å². The highest BCUT2D eigenvalue weighted by molar-refractivity contribution is 9.10. The van der Waals surface area contributed by atoms with E-state index in [9.17, 15) is 18.0 Å². The Labute approximate surface area is 287 Å². The SMILES string of the molecule is Cc1ccc(S(=O)(=O)N(CC(=O)N(Cc2ccc(Br)cc2)C(Cc2ccccc2)C(=O)NC2CCCC2)c2ccc(C)c(C)c2)cc1. The Morgan fingerprint density at radius 2 is 1.49 bits per heavy atom. The number of hydrogen-bond acceptors (Lipinski definition) is 4. The van der Waals surface area contributed by atoms with E-state index in [4.69, 9.17) is 0 Å². The van der Waals surface area contributed by atoms with Gasteiger partial charge >= 0.3 is 0 Å². The lowest BCUT2D eigenvalue weighted by atomic mass is 10.0. The third-order valence-electron chi connectivity index (χ3n) is 8.91. The number of halogens is 1. The van der Waals surface area contributed by atoms with E-state index < -0.39 is 28.5 Å². The van der Waals surface area contributed by atoms with Crippen LogP contribution in [-0.2, 0) is 32.6 Å². The number of nitrogens with zero attached hydrogens (tertiary/aromatic N) is 2. The average Bonchev–Trinajstić information content (AvgIpc) is 3.57. The Hall–Kier alpha value is -3.95. The van der Waals surface area contributed by atoms with Crippen LogP contribution in [0.15, 0.2) is 106 Å². The highest BCUT2D eigenvalue weighted by Gasteiger charge is 2.35. The van der Waals surface area contributed by atoms with Crippen molar-refractivity contribution < 1.29 is 18.0 Å². The van der Waals surface area contributed by atoms with Gasteiger partial charge in [-0.3, -0.25) is 13.9 Å². The lowest BCUT2D eigenvalue weighted by Crippen LogP contribution is -2.54. The predicted molar refractivity (Wildman–Crippen MR) is 191 cm³/mol. The molecule has 1 atom stereocenters. The maximum Gasteiger partial charge on any atom is 0.264 e. The van der Waals surface area contributed by atoms with Gasteiger partial charge in [0.15, 0.2) is 0 Å². The van der Waals surface area contributed by atoms with Crippen LogP contribution in [0.5, 0.6) is 0 Å². The molecule has 0 aromatic heterocycles. The van der Waals surface area contributed by atoms with Gasteiger partial charge in [0, 0.05) is 23.5 Å². The molecule has 1 saturated carbocycles. The molecule has 47 heavy (non-hydrogen) atoms. The molecule has 1 unspecified atom stereocenters. The predicted octanol–water partition coefficient (Wildman–Crippen LogP) is 7.27. The number of anilines is 1. The lowest BCUT2D eigenvalue weighted by molar-refractivity contribution is -0.140. The number of carbonyl (C=O) groups is 2. The second kappa shape index (κ2) is 15.3. The first-order valence-corrected chi connectivity index (χ1v) is 18.3. The van der Waals surface area contributed by atoms with Crippen molar-refractivity contribution in [3.05, 3.63) is 129 Å². The number of sulfonamides is 1. The van der Waals surface area contributed by atoms with E-state index in [1.165, 1.54) is 4.31 Å². The van der Waals surface area contributed by atoms with Crippen LogP contribution >= 0.6 is 15.9 Å². The van der Waals surface area contributed by atoms with E-state index in [1.807, 2.05) is 81.4 Å². The maximum atomic E-state index is 14.7. The Morgan fingerprint density at radius 1 is 0.830 bits per heavy atom. The lowest BCUT2D eigenvalue weighted by Gasteiger charge is -2.34. The number of amides is 2. The van der Waals surface area contributed by atoms with Crippen molar-refractivity contribution in [1.29, 1.82) is 0 Å². The molecule has 7 nitrogen and oxygen atoms in total. The molecule has 5 rings (SSSR count). The first kappa shape index (κ1) is 34.4. The maximum absolute atomic E-state index is 14.7. The summed E-state index contributed by atoms with van der Waals surface area (Å²) in [4.78, 5) is 30.5. The van der Waals surface area contributed by atoms with Gasteiger partial charge < -0.3 is 10.2 Å². The van der Waals surface area contributed by atoms with Gasteiger partial charge in [0.25, 0.3) is 10.0 Å². The zero-order valence-corrected chi connectivity index (χ0v) is 29.6. The summed E-state index contributed by atoms with van der Waals surface area (Å²) < 4.78 is 30.6. The Bertz CT molecular complexity index is 1790. The molecule has 246 valence electrons. The molecule has 9 heteroatoms. The highest BCUT2D eigenvalue weighted by Crippen LogP contribution is 2.28. The second-order valence-electron chi connectivity index (χ2n) is 12.4. The molecule has 1 aliphatic carbocycles. The molecule has 4 aromatic rings. The molecule has 0 saturated heterocycles.